The molecule has 0 radical (unpaired) electrons. The van der Waals surface area contributed by atoms with Crippen LogP contribution in [-0.4, -0.2) is 22.7 Å². The average molecular weight is 274 g/mol. The Hall–Kier alpha value is -2.38. The van der Waals surface area contributed by atoms with Gasteiger partial charge in [0.2, 0.25) is 0 Å². The van der Waals surface area contributed by atoms with E-state index in [1.54, 1.807) is 0 Å². The van der Waals surface area contributed by atoms with Crippen molar-refractivity contribution in [1.82, 2.24) is 5.43 Å². The molecular formula is C11H9F3N2O3. The van der Waals surface area contributed by atoms with Crippen LogP contribution in [0.25, 0.3) is 0 Å². The Kier molecular flexibility index (Phi) is 4.26. The number of hydrogen-bond donors (Lipinski definition) is 2. The Morgan fingerprint density at radius 2 is 1.74 bits per heavy atom. The molecule has 0 atom stereocenters. The van der Waals surface area contributed by atoms with Crippen LogP contribution in [-0.2, 0) is 11.0 Å². The fourth-order valence-electron chi connectivity index (χ4n) is 1.06. The molecular weight excluding hydrogens is 265 g/mol. The van der Waals surface area contributed by atoms with Gasteiger partial charge in [-0.1, -0.05) is 0 Å². The highest BCUT2D eigenvalue weighted by Gasteiger charge is 2.30. The predicted molar refractivity (Wildman–Crippen MR) is 59.7 cm³/mol. The van der Waals surface area contributed by atoms with Crippen molar-refractivity contribution in [3.8, 4) is 0 Å². The van der Waals surface area contributed by atoms with Crippen molar-refractivity contribution < 1.29 is 27.9 Å². The van der Waals surface area contributed by atoms with Gasteiger partial charge in [-0.3, -0.25) is 4.79 Å². The molecule has 0 saturated carbocycles. The number of hydrazone groups is 1. The highest BCUT2D eigenvalue weighted by molar-refractivity contribution is 6.34. The molecule has 0 heterocycles. The molecule has 0 bridgehead atoms. The second-order valence-electron chi connectivity index (χ2n) is 3.52. The molecule has 19 heavy (non-hydrogen) atoms. The van der Waals surface area contributed by atoms with Gasteiger partial charge in [0.05, 0.1) is 5.56 Å². The van der Waals surface area contributed by atoms with E-state index in [0.717, 1.165) is 31.2 Å². The molecule has 0 saturated heterocycles. The first-order valence-corrected chi connectivity index (χ1v) is 4.97. The number of rotatable bonds is 3. The zero-order valence-electron chi connectivity index (χ0n) is 9.65. The predicted octanol–water partition coefficient (Wildman–Crippen LogP) is 1.90. The number of carboxylic acid groups (broad SMARTS) is 1. The SMILES string of the molecule is C/C(=N/NC(=O)c1ccc(C(F)(F)F)cc1)C(=O)O. The number of benzene rings is 1. The first-order valence-electron chi connectivity index (χ1n) is 4.97. The van der Waals surface area contributed by atoms with E-state index in [-0.39, 0.29) is 11.3 Å². The number of amides is 1. The molecule has 0 aliphatic heterocycles. The van der Waals surface area contributed by atoms with Crippen molar-refractivity contribution in [2.45, 2.75) is 13.1 Å². The van der Waals surface area contributed by atoms with Crippen LogP contribution in [0.5, 0.6) is 0 Å². The molecule has 0 unspecified atom stereocenters. The third-order valence-corrected chi connectivity index (χ3v) is 2.11. The average Bonchev–Trinajstić information content (AvgIpc) is 2.34. The normalized spacial score (nSPS) is 12.1. The van der Waals surface area contributed by atoms with Crippen molar-refractivity contribution in [3.05, 3.63) is 35.4 Å². The maximum Gasteiger partial charge on any atom is 0.416 e. The largest absolute Gasteiger partial charge is 0.477 e. The van der Waals surface area contributed by atoms with Gasteiger partial charge < -0.3 is 5.11 Å². The van der Waals surface area contributed by atoms with Crippen LogP contribution in [0.2, 0.25) is 0 Å². The number of carbonyl (C=O) groups is 2. The van der Waals surface area contributed by atoms with Crippen molar-refractivity contribution >= 4 is 17.6 Å². The van der Waals surface area contributed by atoms with Crippen molar-refractivity contribution in [3.63, 3.8) is 0 Å². The Labute approximate surface area is 105 Å². The van der Waals surface area contributed by atoms with Crippen molar-refractivity contribution in [2.75, 3.05) is 0 Å². The van der Waals surface area contributed by atoms with Gasteiger partial charge in [0.1, 0.15) is 5.71 Å². The number of halogens is 3. The number of hydrogen-bond acceptors (Lipinski definition) is 3. The first-order chi connectivity index (χ1) is 8.71. The van der Waals surface area contributed by atoms with Gasteiger partial charge in [-0.25, -0.2) is 10.2 Å². The van der Waals surface area contributed by atoms with Crippen molar-refractivity contribution in [2.24, 2.45) is 5.10 Å². The Morgan fingerprint density at radius 1 is 1.21 bits per heavy atom. The van der Waals surface area contributed by atoms with Crippen LogP contribution in [0.3, 0.4) is 0 Å². The van der Waals surface area contributed by atoms with E-state index in [2.05, 4.69) is 5.10 Å². The summed E-state index contributed by atoms with van der Waals surface area (Å²) in [4.78, 5) is 21.8. The summed E-state index contributed by atoms with van der Waals surface area (Å²) < 4.78 is 36.8. The van der Waals surface area contributed by atoms with Crippen LogP contribution < -0.4 is 5.43 Å². The quantitative estimate of drug-likeness (QED) is 0.652. The van der Waals surface area contributed by atoms with E-state index < -0.39 is 23.6 Å². The number of nitrogens with zero attached hydrogens (tertiary/aromatic N) is 1. The van der Waals surface area contributed by atoms with Crippen molar-refractivity contribution in [1.29, 1.82) is 0 Å². The van der Waals surface area contributed by atoms with E-state index in [1.165, 1.54) is 0 Å². The zero-order chi connectivity index (χ0) is 14.6. The standard InChI is InChI=1S/C11H9F3N2O3/c1-6(10(18)19)15-16-9(17)7-2-4-8(5-3-7)11(12,13)14/h2-5H,1H3,(H,16,17)(H,18,19)/b15-6-. The Balaban J connectivity index is 2.79. The highest BCUT2D eigenvalue weighted by atomic mass is 19.4. The fraction of sp³-hybridized carbons (Fsp3) is 0.182. The molecule has 8 heteroatoms. The molecule has 0 spiro atoms. The van der Waals surface area contributed by atoms with Gasteiger partial charge in [-0.05, 0) is 31.2 Å². The maximum absolute atomic E-state index is 12.3. The van der Waals surface area contributed by atoms with E-state index in [1.807, 2.05) is 5.43 Å². The summed E-state index contributed by atoms with van der Waals surface area (Å²) in [5.74, 6) is -2.11. The van der Waals surface area contributed by atoms with E-state index >= 15 is 0 Å². The van der Waals surface area contributed by atoms with Crippen LogP contribution in [0, 0.1) is 0 Å². The van der Waals surface area contributed by atoms with Crippen LogP contribution >= 0.6 is 0 Å². The lowest BCUT2D eigenvalue weighted by Gasteiger charge is -2.06. The molecule has 102 valence electrons. The molecule has 1 aromatic rings. The molecule has 0 aliphatic rings. The summed E-state index contributed by atoms with van der Waals surface area (Å²) in [5, 5.41) is 11.8. The molecule has 0 aliphatic carbocycles. The zero-order valence-corrected chi connectivity index (χ0v) is 9.65. The number of carboxylic acids is 1. The third kappa shape index (κ3) is 4.09. The number of carbonyl (C=O) groups excluding carboxylic acids is 1. The summed E-state index contributed by atoms with van der Waals surface area (Å²) in [7, 11) is 0. The lowest BCUT2D eigenvalue weighted by atomic mass is 10.1. The Morgan fingerprint density at radius 3 is 2.16 bits per heavy atom. The summed E-state index contributed by atoms with van der Waals surface area (Å²) in [5.41, 5.74) is 0.638. The maximum atomic E-state index is 12.3. The fourth-order valence-corrected chi connectivity index (χ4v) is 1.06. The summed E-state index contributed by atoms with van der Waals surface area (Å²) in [6.07, 6.45) is -4.48. The van der Waals surface area contributed by atoms with Crippen LogP contribution in [0.4, 0.5) is 13.2 Å². The molecule has 0 aromatic heterocycles. The highest BCUT2D eigenvalue weighted by Crippen LogP contribution is 2.28. The molecule has 5 nitrogen and oxygen atoms in total. The monoisotopic (exact) mass is 274 g/mol. The number of aliphatic carboxylic acids is 1. The first kappa shape index (κ1) is 14.7. The molecule has 1 amide bonds. The second-order valence-corrected chi connectivity index (χ2v) is 3.52. The minimum atomic E-state index is -4.48. The minimum Gasteiger partial charge on any atom is -0.477 e. The van der Waals surface area contributed by atoms with Gasteiger partial charge in [0, 0.05) is 5.56 Å². The number of nitrogens with one attached hydrogen (secondary N) is 1. The van der Waals surface area contributed by atoms with Crippen LogP contribution in [0.1, 0.15) is 22.8 Å². The molecule has 0 fully saturated rings. The van der Waals surface area contributed by atoms with Gasteiger partial charge in [-0.15, -0.1) is 0 Å². The molecule has 1 aromatic carbocycles. The lowest BCUT2D eigenvalue weighted by molar-refractivity contribution is -0.137. The topological polar surface area (TPSA) is 78.8 Å². The number of alkyl halides is 3. The van der Waals surface area contributed by atoms with Gasteiger partial charge in [0.15, 0.2) is 0 Å². The second kappa shape index (κ2) is 5.51. The third-order valence-electron chi connectivity index (χ3n) is 2.11. The van der Waals surface area contributed by atoms with E-state index in [0.29, 0.717) is 0 Å². The molecule has 1 rings (SSSR count). The molecule has 2 N–H and O–H groups in total. The van der Waals surface area contributed by atoms with Gasteiger partial charge >= 0.3 is 12.1 Å². The Bertz CT molecular complexity index is 521. The van der Waals surface area contributed by atoms with E-state index in [9.17, 15) is 22.8 Å². The summed E-state index contributed by atoms with van der Waals surface area (Å²) >= 11 is 0. The summed E-state index contributed by atoms with van der Waals surface area (Å²) in [6, 6.07) is 3.46. The van der Waals surface area contributed by atoms with E-state index in [4.69, 9.17) is 5.11 Å². The summed E-state index contributed by atoms with van der Waals surface area (Å²) in [6.45, 7) is 1.16. The minimum absolute atomic E-state index is 0.0602. The van der Waals surface area contributed by atoms with Gasteiger partial charge in [0.25, 0.3) is 5.91 Å². The van der Waals surface area contributed by atoms with Crippen LogP contribution in [0.15, 0.2) is 29.4 Å². The lowest BCUT2D eigenvalue weighted by Crippen LogP contribution is -2.21. The smallest absolute Gasteiger partial charge is 0.416 e. The van der Waals surface area contributed by atoms with Gasteiger partial charge in [-0.2, -0.15) is 18.3 Å².